The number of rotatable bonds is 2. The predicted octanol–water partition coefficient (Wildman–Crippen LogP) is 4.19. The molecule has 0 unspecified atom stereocenters. The Hall–Kier alpha value is -2.96. The first-order valence-corrected chi connectivity index (χ1v) is 6.82. The highest BCUT2D eigenvalue weighted by Crippen LogP contribution is 2.34. The fourth-order valence-corrected chi connectivity index (χ4v) is 2.30. The molecule has 3 rings (SSSR count). The highest BCUT2D eigenvalue weighted by molar-refractivity contribution is 5.82. The highest BCUT2D eigenvalue weighted by Gasteiger charge is 2.30. The molecule has 0 atom stereocenters. The zero-order valence-corrected chi connectivity index (χ0v) is 12.3. The van der Waals surface area contributed by atoms with Crippen molar-refractivity contribution in [2.75, 3.05) is 7.11 Å². The molecule has 1 aromatic heterocycles. The Morgan fingerprint density at radius 3 is 2.33 bits per heavy atom. The van der Waals surface area contributed by atoms with E-state index in [2.05, 4.69) is 0 Å². The van der Waals surface area contributed by atoms with Crippen LogP contribution < -0.4 is 10.2 Å². The summed E-state index contributed by atoms with van der Waals surface area (Å²) >= 11 is 0. The summed E-state index contributed by atoms with van der Waals surface area (Å²) in [4.78, 5) is 12.2. The number of ether oxygens (including phenoxy) is 1. The Morgan fingerprint density at radius 2 is 1.75 bits per heavy atom. The van der Waals surface area contributed by atoms with Crippen molar-refractivity contribution in [2.45, 2.75) is 6.18 Å². The van der Waals surface area contributed by atoms with Crippen molar-refractivity contribution < 1.29 is 27.4 Å². The SMILES string of the molecule is COc1ccc2c(=O)c(O)c(-c3ccc(C(F)(F)F)cc3)oc2c1. The third-order valence-corrected chi connectivity index (χ3v) is 3.55. The van der Waals surface area contributed by atoms with E-state index in [1.807, 2.05) is 0 Å². The van der Waals surface area contributed by atoms with Crippen LogP contribution in [0, 0.1) is 0 Å². The van der Waals surface area contributed by atoms with E-state index in [0.717, 1.165) is 24.3 Å². The maximum absolute atomic E-state index is 12.6. The van der Waals surface area contributed by atoms with E-state index in [-0.39, 0.29) is 22.3 Å². The van der Waals surface area contributed by atoms with Crippen LogP contribution in [0.1, 0.15) is 5.56 Å². The van der Waals surface area contributed by atoms with E-state index in [4.69, 9.17) is 9.15 Å². The Balaban J connectivity index is 2.18. The Morgan fingerprint density at radius 1 is 1.08 bits per heavy atom. The molecule has 0 aliphatic rings. The molecule has 0 fully saturated rings. The molecule has 24 heavy (non-hydrogen) atoms. The number of benzene rings is 2. The summed E-state index contributed by atoms with van der Waals surface area (Å²) in [5, 5.41) is 10.2. The number of methoxy groups -OCH3 is 1. The van der Waals surface area contributed by atoms with Crippen molar-refractivity contribution in [1.82, 2.24) is 0 Å². The quantitative estimate of drug-likeness (QED) is 0.762. The van der Waals surface area contributed by atoms with Crippen molar-refractivity contribution in [1.29, 1.82) is 0 Å². The first-order valence-electron chi connectivity index (χ1n) is 6.82. The fraction of sp³-hybridized carbons (Fsp3) is 0.118. The Labute approximate surface area is 133 Å². The largest absolute Gasteiger partial charge is 0.502 e. The second-order valence-corrected chi connectivity index (χ2v) is 5.05. The van der Waals surface area contributed by atoms with Crippen molar-refractivity contribution in [3.63, 3.8) is 0 Å². The molecule has 0 spiro atoms. The van der Waals surface area contributed by atoms with E-state index in [0.29, 0.717) is 5.75 Å². The number of aromatic hydroxyl groups is 1. The van der Waals surface area contributed by atoms with Crippen LogP contribution in [0.4, 0.5) is 13.2 Å². The van der Waals surface area contributed by atoms with Crippen LogP contribution in [-0.4, -0.2) is 12.2 Å². The molecule has 3 aromatic rings. The third-order valence-electron chi connectivity index (χ3n) is 3.55. The van der Waals surface area contributed by atoms with Crippen LogP contribution in [0.2, 0.25) is 0 Å². The van der Waals surface area contributed by atoms with Gasteiger partial charge in [0.15, 0.2) is 5.76 Å². The number of alkyl halides is 3. The molecule has 1 heterocycles. The Kier molecular flexibility index (Phi) is 3.71. The molecule has 0 aliphatic heterocycles. The van der Waals surface area contributed by atoms with Gasteiger partial charge >= 0.3 is 6.18 Å². The number of hydrogen-bond donors (Lipinski definition) is 1. The minimum atomic E-state index is -4.47. The summed E-state index contributed by atoms with van der Waals surface area (Å²) in [6, 6.07) is 8.41. The van der Waals surface area contributed by atoms with Gasteiger partial charge in [-0.1, -0.05) is 12.1 Å². The second kappa shape index (κ2) is 5.59. The summed E-state index contributed by atoms with van der Waals surface area (Å²) in [7, 11) is 1.44. The minimum Gasteiger partial charge on any atom is -0.502 e. The molecule has 2 aromatic carbocycles. The van der Waals surface area contributed by atoms with Gasteiger partial charge in [0.2, 0.25) is 11.2 Å². The maximum atomic E-state index is 12.6. The number of fused-ring (bicyclic) bond motifs is 1. The van der Waals surface area contributed by atoms with E-state index in [9.17, 15) is 23.1 Å². The average Bonchev–Trinajstić information content (AvgIpc) is 2.57. The summed E-state index contributed by atoms with van der Waals surface area (Å²) < 4.78 is 48.4. The first kappa shape index (κ1) is 15.9. The maximum Gasteiger partial charge on any atom is 0.416 e. The van der Waals surface area contributed by atoms with Crippen LogP contribution in [0.15, 0.2) is 51.7 Å². The second-order valence-electron chi connectivity index (χ2n) is 5.05. The smallest absolute Gasteiger partial charge is 0.416 e. The van der Waals surface area contributed by atoms with Crippen LogP contribution in [0.25, 0.3) is 22.3 Å². The lowest BCUT2D eigenvalue weighted by atomic mass is 10.1. The van der Waals surface area contributed by atoms with Crippen molar-refractivity contribution in [3.05, 3.63) is 58.3 Å². The van der Waals surface area contributed by atoms with E-state index in [1.165, 1.54) is 25.3 Å². The molecule has 7 heteroatoms. The molecular formula is C17H11F3O4. The van der Waals surface area contributed by atoms with E-state index in [1.54, 1.807) is 0 Å². The molecular weight excluding hydrogens is 325 g/mol. The van der Waals surface area contributed by atoms with Gasteiger partial charge in [-0.15, -0.1) is 0 Å². The van der Waals surface area contributed by atoms with Gasteiger partial charge in [-0.05, 0) is 24.3 Å². The lowest BCUT2D eigenvalue weighted by Gasteiger charge is -2.09. The van der Waals surface area contributed by atoms with Gasteiger partial charge in [-0.25, -0.2) is 0 Å². The molecule has 4 nitrogen and oxygen atoms in total. The molecule has 0 radical (unpaired) electrons. The summed E-state index contributed by atoms with van der Waals surface area (Å²) in [6.45, 7) is 0. The van der Waals surface area contributed by atoms with Crippen molar-refractivity contribution >= 4 is 11.0 Å². The van der Waals surface area contributed by atoms with Gasteiger partial charge in [-0.3, -0.25) is 4.79 Å². The summed E-state index contributed by atoms with van der Waals surface area (Å²) in [5.74, 6) is -0.420. The van der Waals surface area contributed by atoms with Gasteiger partial charge in [-0.2, -0.15) is 13.2 Å². The summed E-state index contributed by atoms with van der Waals surface area (Å²) in [6.07, 6.45) is -4.47. The van der Waals surface area contributed by atoms with E-state index >= 15 is 0 Å². The molecule has 1 N–H and O–H groups in total. The third kappa shape index (κ3) is 2.68. The Bertz CT molecular complexity index is 956. The fourth-order valence-electron chi connectivity index (χ4n) is 2.30. The van der Waals surface area contributed by atoms with Crippen molar-refractivity contribution in [2.24, 2.45) is 0 Å². The lowest BCUT2D eigenvalue weighted by molar-refractivity contribution is -0.137. The van der Waals surface area contributed by atoms with Crippen LogP contribution in [0.3, 0.4) is 0 Å². The molecule has 0 saturated carbocycles. The van der Waals surface area contributed by atoms with Crippen LogP contribution >= 0.6 is 0 Å². The summed E-state index contributed by atoms with van der Waals surface area (Å²) in [5.41, 5.74) is -1.20. The standard InChI is InChI=1S/C17H11F3O4/c1-23-11-6-7-12-13(8-11)24-16(15(22)14(12)21)9-2-4-10(5-3-9)17(18,19)20/h2-8,22H,1H3. The van der Waals surface area contributed by atoms with Gasteiger partial charge in [0, 0.05) is 11.6 Å². The average molecular weight is 336 g/mol. The highest BCUT2D eigenvalue weighted by atomic mass is 19.4. The first-order chi connectivity index (χ1) is 11.3. The lowest BCUT2D eigenvalue weighted by Crippen LogP contribution is -2.05. The zero-order chi connectivity index (χ0) is 17.5. The topological polar surface area (TPSA) is 59.7 Å². The number of halogens is 3. The van der Waals surface area contributed by atoms with Crippen LogP contribution in [-0.2, 0) is 6.18 Å². The molecule has 124 valence electrons. The van der Waals surface area contributed by atoms with Crippen LogP contribution in [0.5, 0.6) is 11.5 Å². The molecule has 0 bridgehead atoms. The molecule has 0 aliphatic carbocycles. The number of hydrogen-bond acceptors (Lipinski definition) is 4. The normalized spacial score (nSPS) is 11.7. The minimum absolute atomic E-state index is 0.143. The molecule has 0 amide bonds. The van der Waals surface area contributed by atoms with Gasteiger partial charge in [0.25, 0.3) is 0 Å². The van der Waals surface area contributed by atoms with Gasteiger partial charge < -0.3 is 14.3 Å². The van der Waals surface area contributed by atoms with E-state index < -0.39 is 22.9 Å². The monoisotopic (exact) mass is 336 g/mol. The molecule has 0 saturated heterocycles. The zero-order valence-electron chi connectivity index (χ0n) is 12.3. The van der Waals surface area contributed by atoms with Gasteiger partial charge in [0.1, 0.15) is 11.3 Å². The van der Waals surface area contributed by atoms with Crippen molar-refractivity contribution in [3.8, 4) is 22.8 Å². The van der Waals surface area contributed by atoms with Gasteiger partial charge in [0.05, 0.1) is 18.1 Å². The predicted molar refractivity (Wildman–Crippen MR) is 81.1 cm³/mol.